The SMILES string of the molecule is C[C@H]1CCCCC[C@H]1N. The first-order valence-corrected chi connectivity index (χ1v) is 4.06. The molecule has 0 aliphatic heterocycles. The Morgan fingerprint density at radius 1 is 1.11 bits per heavy atom. The molecule has 1 fully saturated rings. The average molecular weight is 127 g/mol. The van der Waals surface area contributed by atoms with E-state index in [-0.39, 0.29) is 0 Å². The topological polar surface area (TPSA) is 26.0 Å². The van der Waals surface area contributed by atoms with Gasteiger partial charge in [0.25, 0.3) is 0 Å². The van der Waals surface area contributed by atoms with Crippen molar-refractivity contribution in [3.8, 4) is 0 Å². The van der Waals surface area contributed by atoms with Gasteiger partial charge in [-0.3, -0.25) is 0 Å². The predicted molar refractivity (Wildman–Crippen MR) is 40.2 cm³/mol. The Bertz CT molecular complexity index is 70.6. The maximum absolute atomic E-state index is 5.88. The predicted octanol–water partition coefficient (Wildman–Crippen LogP) is 1.91. The molecule has 2 atom stereocenters. The van der Waals surface area contributed by atoms with Crippen molar-refractivity contribution in [2.24, 2.45) is 11.7 Å². The molecular formula is C8H17N. The Morgan fingerprint density at radius 2 is 1.78 bits per heavy atom. The van der Waals surface area contributed by atoms with Gasteiger partial charge in [-0.1, -0.05) is 26.2 Å². The van der Waals surface area contributed by atoms with Gasteiger partial charge in [0.2, 0.25) is 0 Å². The van der Waals surface area contributed by atoms with E-state index in [0.717, 1.165) is 5.92 Å². The molecular weight excluding hydrogens is 110 g/mol. The van der Waals surface area contributed by atoms with Crippen LogP contribution in [0.15, 0.2) is 0 Å². The van der Waals surface area contributed by atoms with E-state index >= 15 is 0 Å². The molecule has 1 nitrogen and oxygen atoms in total. The van der Waals surface area contributed by atoms with Gasteiger partial charge in [-0.15, -0.1) is 0 Å². The van der Waals surface area contributed by atoms with Gasteiger partial charge in [-0.05, 0) is 18.8 Å². The lowest BCUT2D eigenvalue weighted by Gasteiger charge is -2.14. The van der Waals surface area contributed by atoms with Crippen molar-refractivity contribution < 1.29 is 0 Å². The Morgan fingerprint density at radius 3 is 2.56 bits per heavy atom. The minimum atomic E-state index is 0.493. The lowest BCUT2D eigenvalue weighted by molar-refractivity contribution is 0.432. The molecule has 1 heteroatoms. The average Bonchev–Trinajstić information content (AvgIpc) is 1.99. The molecule has 54 valence electrons. The number of hydrogen-bond donors (Lipinski definition) is 1. The molecule has 1 saturated carbocycles. The van der Waals surface area contributed by atoms with E-state index in [1.807, 2.05) is 0 Å². The second-order valence-corrected chi connectivity index (χ2v) is 3.28. The fourth-order valence-corrected chi connectivity index (χ4v) is 1.52. The van der Waals surface area contributed by atoms with Gasteiger partial charge >= 0.3 is 0 Å². The highest BCUT2D eigenvalue weighted by molar-refractivity contribution is 4.72. The third-order valence-electron chi connectivity index (χ3n) is 2.43. The first kappa shape index (κ1) is 7.07. The van der Waals surface area contributed by atoms with Gasteiger partial charge in [0, 0.05) is 6.04 Å². The summed E-state index contributed by atoms with van der Waals surface area (Å²) in [6.07, 6.45) is 6.75. The zero-order valence-corrected chi connectivity index (χ0v) is 6.27. The molecule has 0 bridgehead atoms. The standard InChI is InChI=1S/C8H17N/c1-7-5-3-2-4-6-8(7)9/h7-8H,2-6,9H2,1H3/t7-,8+/m0/s1. The van der Waals surface area contributed by atoms with E-state index < -0.39 is 0 Å². The molecule has 1 rings (SSSR count). The van der Waals surface area contributed by atoms with Gasteiger partial charge in [0.05, 0.1) is 0 Å². The molecule has 0 aromatic carbocycles. The van der Waals surface area contributed by atoms with Gasteiger partial charge in [-0.2, -0.15) is 0 Å². The van der Waals surface area contributed by atoms with Crippen LogP contribution in [0, 0.1) is 5.92 Å². The molecule has 2 N–H and O–H groups in total. The van der Waals surface area contributed by atoms with Crippen LogP contribution in [0.2, 0.25) is 0 Å². The molecule has 0 unspecified atom stereocenters. The summed E-state index contributed by atoms with van der Waals surface area (Å²) >= 11 is 0. The van der Waals surface area contributed by atoms with Gasteiger partial charge in [0.15, 0.2) is 0 Å². The molecule has 0 spiro atoms. The molecule has 1 aliphatic rings. The van der Waals surface area contributed by atoms with Crippen LogP contribution in [0.4, 0.5) is 0 Å². The summed E-state index contributed by atoms with van der Waals surface area (Å²) in [5.41, 5.74) is 5.88. The lowest BCUT2D eigenvalue weighted by Crippen LogP contribution is -2.26. The molecule has 0 radical (unpaired) electrons. The van der Waals surface area contributed by atoms with Crippen molar-refractivity contribution in [2.75, 3.05) is 0 Å². The van der Waals surface area contributed by atoms with E-state index in [1.54, 1.807) is 0 Å². The first-order valence-electron chi connectivity index (χ1n) is 4.06. The van der Waals surface area contributed by atoms with Crippen molar-refractivity contribution in [3.05, 3.63) is 0 Å². The largest absolute Gasteiger partial charge is 0.327 e. The molecule has 0 aromatic heterocycles. The highest BCUT2D eigenvalue weighted by atomic mass is 14.6. The second kappa shape index (κ2) is 3.21. The monoisotopic (exact) mass is 127 g/mol. The van der Waals surface area contributed by atoms with Crippen LogP contribution in [-0.2, 0) is 0 Å². The quantitative estimate of drug-likeness (QED) is 0.494. The van der Waals surface area contributed by atoms with Crippen molar-refractivity contribution in [1.29, 1.82) is 0 Å². The zero-order valence-electron chi connectivity index (χ0n) is 6.27. The van der Waals surface area contributed by atoms with Crippen molar-refractivity contribution >= 4 is 0 Å². The summed E-state index contributed by atoms with van der Waals surface area (Å²) in [6, 6.07) is 0.493. The summed E-state index contributed by atoms with van der Waals surface area (Å²) in [5, 5.41) is 0. The van der Waals surface area contributed by atoms with E-state index in [1.165, 1.54) is 32.1 Å². The van der Waals surface area contributed by atoms with Crippen LogP contribution >= 0.6 is 0 Å². The summed E-state index contributed by atoms with van der Waals surface area (Å²) in [5.74, 6) is 0.771. The molecule has 0 saturated heterocycles. The number of nitrogens with two attached hydrogens (primary N) is 1. The zero-order chi connectivity index (χ0) is 6.69. The number of hydrogen-bond acceptors (Lipinski definition) is 1. The fourth-order valence-electron chi connectivity index (χ4n) is 1.52. The Hall–Kier alpha value is -0.0400. The highest BCUT2D eigenvalue weighted by Gasteiger charge is 2.14. The van der Waals surface area contributed by atoms with E-state index in [0.29, 0.717) is 6.04 Å². The minimum absolute atomic E-state index is 0.493. The number of rotatable bonds is 0. The van der Waals surface area contributed by atoms with Crippen LogP contribution in [0.3, 0.4) is 0 Å². The first-order chi connectivity index (χ1) is 4.30. The van der Waals surface area contributed by atoms with Crippen LogP contribution in [0.25, 0.3) is 0 Å². The molecule has 0 amide bonds. The third kappa shape index (κ3) is 1.98. The van der Waals surface area contributed by atoms with Crippen molar-refractivity contribution in [1.82, 2.24) is 0 Å². The molecule has 1 aliphatic carbocycles. The second-order valence-electron chi connectivity index (χ2n) is 3.28. The van der Waals surface area contributed by atoms with Gasteiger partial charge < -0.3 is 5.73 Å². The molecule has 9 heavy (non-hydrogen) atoms. The normalized spacial score (nSPS) is 38.0. The van der Waals surface area contributed by atoms with E-state index in [2.05, 4.69) is 6.92 Å². The highest BCUT2D eigenvalue weighted by Crippen LogP contribution is 2.20. The van der Waals surface area contributed by atoms with Crippen LogP contribution < -0.4 is 5.73 Å². The summed E-state index contributed by atoms with van der Waals surface area (Å²) in [4.78, 5) is 0. The summed E-state index contributed by atoms with van der Waals surface area (Å²) in [6.45, 7) is 2.27. The Balaban J connectivity index is 2.32. The van der Waals surface area contributed by atoms with Crippen LogP contribution in [-0.4, -0.2) is 6.04 Å². The Kier molecular flexibility index (Phi) is 2.52. The fraction of sp³-hybridized carbons (Fsp3) is 1.00. The Labute approximate surface area is 57.6 Å². The van der Waals surface area contributed by atoms with Crippen molar-refractivity contribution in [3.63, 3.8) is 0 Å². The summed E-state index contributed by atoms with van der Waals surface area (Å²) in [7, 11) is 0. The molecule has 0 heterocycles. The molecule has 0 aromatic rings. The van der Waals surface area contributed by atoms with E-state index in [4.69, 9.17) is 5.73 Å². The van der Waals surface area contributed by atoms with Crippen LogP contribution in [0.5, 0.6) is 0 Å². The van der Waals surface area contributed by atoms with E-state index in [9.17, 15) is 0 Å². The van der Waals surface area contributed by atoms with Gasteiger partial charge in [0.1, 0.15) is 0 Å². The maximum atomic E-state index is 5.88. The van der Waals surface area contributed by atoms with Crippen LogP contribution in [0.1, 0.15) is 39.0 Å². The summed E-state index contributed by atoms with van der Waals surface area (Å²) < 4.78 is 0. The van der Waals surface area contributed by atoms with Gasteiger partial charge in [-0.25, -0.2) is 0 Å². The van der Waals surface area contributed by atoms with Crippen molar-refractivity contribution in [2.45, 2.75) is 45.1 Å². The maximum Gasteiger partial charge on any atom is 0.00645 e. The minimum Gasteiger partial charge on any atom is -0.327 e. The third-order valence-corrected chi connectivity index (χ3v) is 2.43. The smallest absolute Gasteiger partial charge is 0.00645 e. The lowest BCUT2D eigenvalue weighted by atomic mass is 9.98.